The van der Waals surface area contributed by atoms with Crippen molar-refractivity contribution in [2.75, 3.05) is 34.9 Å². The van der Waals surface area contributed by atoms with Gasteiger partial charge >= 0.3 is 5.97 Å². The number of hydrogen-bond donors (Lipinski definition) is 1. The summed E-state index contributed by atoms with van der Waals surface area (Å²) in [7, 11) is -3.25. The Morgan fingerprint density at radius 1 is 1.10 bits per heavy atom. The van der Waals surface area contributed by atoms with Gasteiger partial charge in [-0.3, -0.25) is 24.2 Å². The highest BCUT2D eigenvalue weighted by atomic mass is 32.2. The molecule has 13 heteroatoms. The number of ether oxygens (including phenoxy) is 1. The van der Waals surface area contributed by atoms with Gasteiger partial charge in [0.05, 0.1) is 45.9 Å². The zero-order chi connectivity index (χ0) is 27.9. The highest BCUT2D eigenvalue weighted by Crippen LogP contribution is 2.45. The predicted molar refractivity (Wildman–Crippen MR) is 151 cm³/mol. The van der Waals surface area contributed by atoms with E-state index >= 15 is 0 Å². The first-order valence-electron chi connectivity index (χ1n) is 12.1. The summed E-state index contributed by atoms with van der Waals surface area (Å²) in [4.78, 5) is 54.5. The highest BCUT2D eigenvalue weighted by molar-refractivity contribution is 8.26. The number of carbonyl (C=O) groups excluding carboxylic acids is 4. The second kappa shape index (κ2) is 10.5. The van der Waals surface area contributed by atoms with Gasteiger partial charge in [0.2, 0.25) is 5.91 Å². The van der Waals surface area contributed by atoms with Gasteiger partial charge in [-0.25, -0.2) is 13.2 Å². The Bertz CT molecular complexity index is 1550. The third-order valence-electron chi connectivity index (χ3n) is 6.50. The third kappa shape index (κ3) is 5.21. The first kappa shape index (κ1) is 27.0. The van der Waals surface area contributed by atoms with Crippen LogP contribution in [0.3, 0.4) is 0 Å². The van der Waals surface area contributed by atoms with Crippen LogP contribution in [0.2, 0.25) is 0 Å². The van der Waals surface area contributed by atoms with E-state index in [-0.39, 0.29) is 45.9 Å². The smallest absolute Gasteiger partial charge is 0.338 e. The molecule has 2 saturated heterocycles. The molecule has 0 spiro atoms. The molecule has 0 aromatic heterocycles. The lowest BCUT2D eigenvalue weighted by molar-refractivity contribution is -0.123. The molecule has 39 heavy (non-hydrogen) atoms. The van der Waals surface area contributed by atoms with Crippen LogP contribution in [0.1, 0.15) is 29.3 Å². The number of rotatable bonds is 6. The molecule has 3 amide bonds. The SMILES string of the molecule is CCOC(=O)c1ccc(NC(=O)CN2C(=O)/C(=C3/SC(=S)N([C@H]4CCS(=O)(=O)C4)C3=O)c3ccccc32)cc1. The second-order valence-electron chi connectivity index (χ2n) is 9.06. The van der Waals surface area contributed by atoms with E-state index in [0.29, 0.717) is 22.5 Å². The van der Waals surface area contributed by atoms with E-state index in [1.54, 1.807) is 43.3 Å². The molecule has 0 bridgehead atoms. The van der Waals surface area contributed by atoms with Crippen LogP contribution in [0.15, 0.2) is 53.4 Å². The third-order valence-corrected chi connectivity index (χ3v) is 9.66. The monoisotopic (exact) mass is 585 g/mol. The Labute approximate surface area is 234 Å². The van der Waals surface area contributed by atoms with Gasteiger partial charge in [-0.2, -0.15) is 0 Å². The number of hydrogen-bond acceptors (Lipinski definition) is 9. The minimum atomic E-state index is -3.25. The lowest BCUT2D eigenvalue weighted by Gasteiger charge is -2.21. The van der Waals surface area contributed by atoms with Gasteiger partial charge in [0.1, 0.15) is 10.9 Å². The number of para-hydroxylation sites is 1. The van der Waals surface area contributed by atoms with E-state index in [1.165, 1.54) is 21.9 Å². The standard InChI is InChI=1S/C26H23N3O7S3/c1-2-36-25(33)15-7-9-16(10-8-15)27-20(30)13-28-19-6-4-3-5-18(19)21(23(28)31)22-24(32)29(26(37)38-22)17-11-12-39(34,35)14-17/h3-10,17H,2,11-14H2,1H3,(H,27,30)/b22-21+/t17-/m0/s1. The van der Waals surface area contributed by atoms with Crippen molar-refractivity contribution < 1.29 is 32.3 Å². The fourth-order valence-corrected chi connectivity index (χ4v) is 7.90. The van der Waals surface area contributed by atoms with Crippen LogP contribution in [0.5, 0.6) is 0 Å². The fourth-order valence-electron chi connectivity index (χ4n) is 4.73. The Kier molecular flexibility index (Phi) is 7.31. The number of sulfone groups is 1. The zero-order valence-corrected chi connectivity index (χ0v) is 23.2. The van der Waals surface area contributed by atoms with E-state index in [1.807, 2.05) is 0 Å². The number of fused-ring (bicyclic) bond motifs is 1. The largest absolute Gasteiger partial charge is 0.462 e. The van der Waals surface area contributed by atoms with Crippen molar-refractivity contribution >= 4 is 78.8 Å². The molecule has 3 heterocycles. The van der Waals surface area contributed by atoms with Crippen LogP contribution in [0, 0.1) is 0 Å². The molecule has 1 N–H and O–H groups in total. The summed E-state index contributed by atoms with van der Waals surface area (Å²) in [6, 6.07) is 12.4. The summed E-state index contributed by atoms with van der Waals surface area (Å²) in [6.45, 7) is 1.64. The molecule has 202 valence electrons. The minimum absolute atomic E-state index is 0.0170. The molecule has 2 fully saturated rings. The van der Waals surface area contributed by atoms with Gasteiger partial charge in [0, 0.05) is 11.3 Å². The molecule has 0 saturated carbocycles. The molecule has 10 nitrogen and oxygen atoms in total. The number of esters is 1. The van der Waals surface area contributed by atoms with Crippen LogP contribution >= 0.6 is 24.0 Å². The number of anilines is 2. The molecule has 5 rings (SSSR count). The average Bonchev–Trinajstić information content (AvgIpc) is 3.49. The van der Waals surface area contributed by atoms with Crippen molar-refractivity contribution in [3.63, 3.8) is 0 Å². The van der Waals surface area contributed by atoms with E-state index < -0.39 is 39.6 Å². The normalized spacial score (nSPS) is 21.9. The fraction of sp³-hybridized carbons (Fsp3) is 0.269. The van der Waals surface area contributed by atoms with Crippen LogP contribution in [-0.4, -0.2) is 72.0 Å². The molecule has 0 unspecified atom stereocenters. The minimum Gasteiger partial charge on any atom is -0.462 e. The zero-order valence-electron chi connectivity index (χ0n) is 20.7. The van der Waals surface area contributed by atoms with Crippen molar-refractivity contribution in [2.24, 2.45) is 0 Å². The number of benzene rings is 2. The Morgan fingerprint density at radius 3 is 2.49 bits per heavy atom. The van der Waals surface area contributed by atoms with Gasteiger partial charge in [-0.15, -0.1) is 0 Å². The first-order chi connectivity index (χ1) is 18.6. The molecular weight excluding hydrogens is 563 g/mol. The Balaban J connectivity index is 1.37. The van der Waals surface area contributed by atoms with Crippen LogP contribution in [0.4, 0.5) is 11.4 Å². The van der Waals surface area contributed by atoms with E-state index in [4.69, 9.17) is 17.0 Å². The molecule has 0 radical (unpaired) electrons. The van der Waals surface area contributed by atoms with Crippen molar-refractivity contribution in [3.05, 3.63) is 64.6 Å². The topological polar surface area (TPSA) is 130 Å². The number of nitrogens with one attached hydrogen (secondary N) is 1. The summed E-state index contributed by atoms with van der Waals surface area (Å²) in [6.07, 6.45) is 0.287. The van der Waals surface area contributed by atoms with Crippen LogP contribution in [0.25, 0.3) is 5.57 Å². The molecular formula is C26H23N3O7S3. The number of amides is 3. The van der Waals surface area contributed by atoms with E-state index in [9.17, 15) is 27.6 Å². The van der Waals surface area contributed by atoms with Gasteiger partial charge in [0.15, 0.2) is 9.84 Å². The summed E-state index contributed by atoms with van der Waals surface area (Å²) < 4.78 is 29.2. The summed E-state index contributed by atoms with van der Waals surface area (Å²) >= 11 is 6.38. The van der Waals surface area contributed by atoms with E-state index in [0.717, 1.165) is 11.8 Å². The lowest BCUT2D eigenvalue weighted by atomic mass is 10.1. The van der Waals surface area contributed by atoms with Gasteiger partial charge in [-0.1, -0.05) is 42.2 Å². The van der Waals surface area contributed by atoms with Gasteiger partial charge in [-0.05, 0) is 43.7 Å². The lowest BCUT2D eigenvalue weighted by Crippen LogP contribution is -2.39. The molecule has 3 aliphatic heterocycles. The maximum atomic E-state index is 13.6. The summed E-state index contributed by atoms with van der Waals surface area (Å²) in [5, 5.41) is 2.71. The molecule has 2 aromatic carbocycles. The maximum Gasteiger partial charge on any atom is 0.338 e. The van der Waals surface area contributed by atoms with Crippen LogP contribution in [-0.2, 0) is 29.0 Å². The molecule has 1 atom stereocenters. The van der Waals surface area contributed by atoms with Gasteiger partial charge < -0.3 is 10.1 Å². The number of carbonyl (C=O) groups is 4. The van der Waals surface area contributed by atoms with Gasteiger partial charge in [0.25, 0.3) is 11.8 Å². The van der Waals surface area contributed by atoms with Crippen molar-refractivity contribution in [1.29, 1.82) is 0 Å². The predicted octanol–water partition coefficient (Wildman–Crippen LogP) is 2.61. The maximum absolute atomic E-state index is 13.6. The summed E-state index contributed by atoms with van der Waals surface area (Å²) in [5.74, 6) is -2.16. The molecule has 3 aliphatic rings. The Morgan fingerprint density at radius 2 is 1.82 bits per heavy atom. The number of nitrogens with zero attached hydrogens (tertiary/aromatic N) is 2. The average molecular weight is 586 g/mol. The molecule has 0 aliphatic carbocycles. The summed E-state index contributed by atoms with van der Waals surface area (Å²) in [5.41, 5.74) is 1.88. The van der Waals surface area contributed by atoms with Crippen molar-refractivity contribution in [1.82, 2.24) is 4.90 Å². The van der Waals surface area contributed by atoms with Crippen molar-refractivity contribution in [2.45, 2.75) is 19.4 Å². The van der Waals surface area contributed by atoms with Crippen LogP contribution < -0.4 is 10.2 Å². The second-order valence-corrected chi connectivity index (χ2v) is 12.9. The van der Waals surface area contributed by atoms with E-state index in [2.05, 4.69) is 5.32 Å². The quantitative estimate of drug-likeness (QED) is 0.309. The molecule has 2 aromatic rings. The number of thiocarbonyl (C=S) groups is 1. The number of thioether (sulfide) groups is 1. The highest BCUT2D eigenvalue weighted by Gasteiger charge is 2.46. The Hall–Kier alpha value is -3.55. The van der Waals surface area contributed by atoms with Crippen molar-refractivity contribution in [3.8, 4) is 0 Å². The first-order valence-corrected chi connectivity index (χ1v) is 15.1.